The number of furan rings is 2. The van der Waals surface area contributed by atoms with Crippen LogP contribution in [0.25, 0.3) is 11.1 Å². The Morgan fingerprint density at radius 1 is 0.625 bits per heavy atom. The van der Waals surface area contributed by atoms with Gasteiger partial charge in [0, 0.05) is 24.5 Å². The first-order chi connectivity index (χ1) is 23.6. The molecule has 0 aliphatic heterocycles. The van der Waals surface area contributed by atoms with Gasteiger partial charge in [0.1, 0.15) is 11.5 Å². The number of carbonyl (C=O) groups is 2. The maximum absolute atomic E-state index is 13.5. The van der Waals surface area contributed by atoms with E-state index in [-0.39, 0.29) is 37.0 Å². The van der Waals surface area contributed by atoms with E-state index in [1.165, 1.54) is 0 Å². The summed E-state index contributed by atoms with van der Waals surface area (Å²) >= 11 is 0. The molecule has 6 rings (SSSR count). The summed E-state index contributed by atoms with van der Waals surface area (Å²) in [5.74, 6) is -0.00624. The molecule has 2 aliphatic carbocycles. The molecule has 0 amide bonds. The minimum atomic E-state index is -0.381. The Morgan fingerprint density at radius 3 is 1.40 bits per heavy atom. The third-order valence-electron chi connectivity index (χ3n) is 8.57. The lowest BCUT2D eigenvalue weighted by Gasteiger charge is -2.28. The molecule has 0 bridgehead atoms. The Hall–Kier alpha value is -5.50. The molecular weight excluding hydrogens is 604 g/mol. The van der Waals surface area contributed by atoms with E-state index in [0.717, 1.165) is 22.3 Å². The Bertz CT molecular complexity index is 1680. The summed E-state index contributed by atoms with van der Waals surface area (Å²) in [4.78, 5) is 26.9. The van der Waals surface area contributed by atoms with Crippen molar-refractivity contribution in [2.45, 2.75) is 38.5 Å². The van der Waals surface area contributed by atoms with E-state index in [0.29, 0.717) is 60.0 Å². The minimum Gasteiger partial charge on any atom is -0.469 e. The Balaban J connectivity index is 1.32. The van der Waals surface area contributed by atoms with Crippen LogP contribution in [0.5, 0.6) is 0 Å². The number of ether oxygens (including phenoxy) is 2. The van der Waals surface area contributed by atoms with Gasteiger partial charge in [-0.15, -0.1) is 0 Å². The SMILES string of the molecule is CCOC(=O)C1=C(NCCNC2=C(C(=O)OCC)[C@@H](c3ccco3)CC(c3ccccc3)=C2)C=C(c2ccccc2)C[C@@H]1c1ccco1. The van der Waals surface area contributed by atoms with Gasteiger partial charge in [0.2, 0.25) is 0 Å². The van der Waals surface area contributed by atoms with Gasteiger partial charge in [-0.05, 0) is 85.4 Å². The number of nitrogens with one attached hydrogen (secondary N) is 2. The first-order valence-corrected chi connectivity index (χ1v) is 16.5. The van der Waals surface area contributed by atoms with E-state index in [9.17, 15) is 9.59 Å². The predicted molar refractivity (Wildman–Crippen MR) is 184 cm³/mol. The second-order valence-electron chi connectivity index (χ2n) is 11.6. The minimum absolute atomic E-state index is 0.259. The van der Waals surface area contributed by atoms with Crippen molar-refractivity contribution in [2.24, 2.45) is 0 Å². The molecule has 0 fully saturated rings. The van der Waals surface area contributed by atoms with Gasteiger partial charge < -0.3 is 28.9 Å². The monoisotopic (exact) mass is 644 g/mol. The van der Waals surface area contributed by atoms with Gasteiger partial charge in [-0.3, -0.25) is 0 Å². The first kappa shape index (κ1) is 32.4. The van der Waals surface area contributed by atoms with E-state index in [4.69, 9.17) is 18.3 Å². The zero-order chi connectivity index (χ0) is 33.3. The topological polar surface area (TPSA) is 103 Å². The van der Waals surface area contributed by atoms with Crippen molar-refractivity contribution < 1.29 is 27.9 Å². The molecule has 8 heteroatoms. The van der Waals surface area contributed by atoms with Gasteiger partial charge >= 0.3 is 11.9 Å². The number of hydrogen-bond acceptors (Lipinski definition) is 8. The average Bonchev–Trinajstić information content (AvgIpc) is 3.86. The molecule has 0 saturated heterocycles. The van der Waals surface area contributed by atoms with Crippen molar-refractivity contribution in [1.82, 2.24) is 10.6 Å². The molecule has 2 aliphatic rings. The highest BCUT2D eigenvalue weighted by atomic mass is 16.5. The molecule has 0 radical (unpaired) electrons. The molecule has 8 nitrogen and oxygen atoms in total. The zero-order valence-electron chi connectivity index (χ0n) is 27.2. The van der Waals surface area contributed by atoms with Crippen molar-refractivity contribution in [1.29, 1.82) is 0 Å². The van der Waals surface area contributed by atoms with Crippen LogP contribution in [0.3, 0.4) is 0 Å². The lowest BCUT2D eigenvalue weighted by molar-refractivity contribution is -0.139. The van der Waals surface area contributed by atoms with E-state index in [1.807, 2.05) is 72.8 Å². The summed E-state index contributed by atoms with van der Waals surface area (Å²) in [5, 5.41) is 7.03. The molecule has 2 aromatic heterocycles. The molecular formula is C40H40N2O6. The lowest BCUT2D eigenvalue weighted by Crippen LogP contribution is -2.32. The molecule has 2 aromatic carbocycles. The highest BCUT2D eigenvalue weighted by molar-refractivity contribution is 5.95. The smallest absolute Gasteiger partial charge is 0.336 e. The van der Waals surface area contributed by atoms with Gasteiger partial charge in [-0.1, -0.05) is 60.7 Å². The highest BCUT2D eigenvalue weighted by Crippen LogP contribution is 2.42. The largest absolute Gasteiger partial charge is 0.469 e. The molecule has 2 heterocycles. The van der Waals surface area contributed by atoms with Crippen LogP contribution in [0, 0.1) is 0 Å². The molecule has 2 atom stereocenters. The zero-order valence-corrected chi connectivity index (χ0v) is 27.2. The van der Waals surface area contributed by atoms with Gasteiger partial charge in [0.15, 0.2) is 0 Å². The van der Waals surface area contributed by atoms with Gasteiger partial charge in [0.25, 0.3) is 0 Å². The van der Waals surface area contributed by atoms with Crippen LogP contribution in [0.15, 0.2) is 141 Å². The molecule has 2 N–H and O–H groups in total. The second kappa shape index (κ2) is 15.4. The van der Waals surface area contributed by atoms with Crippen LogP contribution >= 0.6 is 0 Å². The maximum Gasteiger partial charge on any atom is 0.336 e. The summed E-state index contributed by atoms with van der Waals surface area (Å²) < 4.78 is 22.8. The number of carbonyl (C=O) groups excluding carboxylic acids is 2. The number of esters is 2. The summed E-state index contributed by atoms with van der Waals surface area (Å²) in [6, 6.07) is 27.7. The summed E-state index contributed by atoms with van der Waals surface area (Å²) in [7, 11) is 0. The number of rotatable bonds is 13. The molecule has 0 saturated carbocycles. The van der Waals surface area contributed by atoms with E-state index in [2.05, 4.69) is 34.9 Å². The fourth-order valence-electron chi connectivity index (χ4n) is 6.42. The fraction of sp³-hybridized carbons (Fsp3) is 0.250. The van der Waals surface area contributed by atoms with Crippen molar-refractivity contribution in [3.8, 4) is 0 Å². The number of allylic oxidation sites excluding steroid dienone is 4. The van der Waals surface area contributed by atoms with Crippen LogP contribution < -0.4 is 10.6 Å². The maximum atomic E-state index is 13.5. The van der Waals surface area contributed by atoms with Crippen LogP contribution in [-0.4, -0.2) is 38.2 Å². The molecule has 0 spiro atoms. The van der Waals surface area contributed by atoms with Gasteiger partial charge in [0.05, 0.1) is 48.7 Å². The van der Waals surface area contributed by atoms with Crippen LogP contribution in [0.1, 0.15) is 61.2 Å². The third kappa shape index (κ3) is 7.23. The first-order valence-electron chi connectivity index (χ1n) is 16.5. The Labute approximate surface area is 280 Å². The van der Waals surface area contributed by atoms with E-state index < -0.39 is 0 Å². The van der Waals surface area contributed by atoms with E-state index >= 15 is 0 Å². The average molecular weight is 645 g/mol. The normalized spacial score (nSPS) is 17.8. The van der Waals surface area contributed by atoms with Gasteiger partial charge in [-0.25, -0.2) is 9.59 Å². The third-order valence-corrected chi connectivity index (χ3v) is 8.57. The Morgan fingerprint density at radius 2 is 1.04 bits per heavy atom. The highest BCUT2D eigenvalue weighted by Gasteiger charge is 2.35. The Kier molecular flexibility index (Phi) is 10.4. The molecule has 4 aromatic rings. The number of hydrogen-bond donors (Lipinski definition) is 2. The van der Waals surface area contributed by atoms with Crippen LogP contribution in [0.2, 0.25) is 0 Å². The van der Waals surface area contributed by atoms with Crippen molar-refractivity contribution in [3.05, 3.63) is 155 Å². The standard InChI is InChI=1S/C40H40N2O6/c1-3-45-39(43)37-31(35-17-11-21-47-35)23-29(27-13-7-5-8-14-27)25-33(37)41-19-20-42-34-26-30(28-15-9-6-10-16-28)24-32(36-18-12-22-48-36)38(34)40(44)46-4-2/h5-18,21-22,25-26,31-32,41-42H,3-4,19-20,23-24H2,1-2H3/t31-,32-/m1/s1. The summed E-state index contributed by atoms with van der Waals surface area (Å²) in [5.41, 5.74) is 6.72. The van der Waals surface area contributed by atoms with Crippen molar-refractivity contribution in [3.63, 3.8) is 0 Å². The van der Waals surface area contributed by atoms with Crippen LogP contribution in [-0.2, 0) is 19.1 Å². The fourth-order valence-corrected chi connectivity index (χ4v) is 6.42. The lowest BCUT2D eigenvalue weighted by atomic mass is 9.81. The summed E-state index contributed by atoms with van der Waals surface area (Å²) in [6.07, 6.45) is 8.50. The second-order valence-corrected chi connectivity index (χ2v) is 11.6. The quantitative estimate of drug-likeness (QED) is 0.114. The summed E-state index contributed by atoms with van der Waals surface area (Å²) in [6.45, 7) is 5.02. The predicted octanol–water partition coefficient (Wildman–Crippen LogP) is 7.53. The van der Waals surface area contributed by atoms with Crippen LogP contribution in [0.4, 0.5) is 0 Å². The van der Waals surface area contributed by atoms with E-state index in [1.54, 1.807) is 26.4 Å². The van der Waals surface area contributed by atoms with Crippen molar-refractivity contribution >= 4 is 23.1 Å². The van der Waals surface area contributed by atoms with Crippen molar-refractivity contribution in [2.75, 3.05) is 26.3 Å². The van der Waals surface area contributed by atoms with Gasteiger partial charge in [-0.2, -0.15) is 0 Å². The molecule has 246 valence electrons. The molecule has 48 heavy (non-hydrogen) atoms. The number of benzene rings is 2. The molecule has 0 unspecified atom stereocenters.